The molecule has 0 bridgehead atoms. The van der Waals surface area contributed by atoms with Crippen molar-refractivity contribution in [3.8, 4) is 5.75 Å². The highest BCUT2D eigenvalue weighted by atomic mass is 35.5. The summed E-state index contributed by atoms with van der Waals surface area (Å²) in [7, 11) is 0. The van der Waals surface area contributed by atoms with Gasteiger partial charge in [0.1, 0.15) is 5.75 Å². The Bertz CT molecular complexity index is 741. The van der Waals surface area contributed by atoms with Crippen molar-refractivity contribution < 1.29 is 19.1 Å². The Morgan fingerprint density at radius 2 is 1.94 bits per heavy atom. The molecule has 1 aromatic rings. The van der Waals surface area contributed by atoms with Gasteiger partial charge in [-0.1, -0.05) is 17.7 Å². The number of ether oxygens (including phenoxy) is 2. The molecule has 2 heterocycles. The lowest BCUT2D eigenvalue weighted by atomic mass is 9.77. The van der Waals surface area contributed by atoms with Crippen molar-refractivity contribution in [1.29, 1.82) is 0 Å². The maximum atomic E-state index is 13.1. The minimum atomic E-state index is -0.417. The van der Waals surface area contributed by atoms with Crippen LogP contribution in [0.4, 0.5) is 0 Å². The summed E-state index contributed by atoms with van der Waals surface area (Å²) in [4.78, 5) is 29.7. The normalized spacial score (nSPS) is 21.7. The summed E-state index contributed by atoms with van der Waals surface area (Å²) in [5, 5.41) is 0.608. The number of hydrogen-bond acceptors (Lipinski definition) is 5. The van der Waals surface area contributed by atoms with Crippen molar-refractivity contribution in [2.75, 3.05) is 52.5 Å². The molecule has 2 aliphatic rings. The Hall–Kier alpha value is -1.83. The topological polar surface area (TPSA) is 85.1 Å². The van der Waals surface area contributed by atoms with E-state index in [9.17, 15) is 9.59 Å². The SMILES string of the molecule is NCCCCC(=O)N1CCC[C@](COc2cccc(Cl)c2)(CC(=O)N2CCOCC2)C1. The highest BCUT2D eigenvalue weighted by Crippen LogP contribution is 2.36. The van der Waals surface area contributed by atoms with Crippen molar-refractivity contribution in [3.63, 3.8) is 0 Å². The van der Waals surface area contributed by atoms with Gasteiger partial charge in [-0.3, -0.25) is 9.59 Å². The average Bonchev–Trinajstić information content (AvgIpc) is 2.79. The van der Waals surface area contributed by atoms with Gasteiger partial charge >= 0.3 is 0 Å². The van der Waals surface area contributed by atoms with Crippen LogP contribution in [0, 0.1) is 5.41 Å². The molecule has 7 nitrogen and oxygen atoms in total. The third-order valence-electron chi connectivity index (χ3n) is 6.09. The molecule has 2 aliphatic heterocycles. The Balaban J connectivity index is 1.70. The molecule has 0 radical (unpaired) electrons. The van der Waals surface area contributed by atoms with Crippen LogP contribution < -0.4 is 10.5 Å². The molecule has 2 fully saturated rings. The van der Waals surface area contributed by atoms with Gasteiger partial charge in [0.15, 0.2) is 0 Å². The third kappa shape index (κ3) is 7.09. The van der Waals surface area contributed by atoms with Gasteiger partial charge in [0.2, 0.25) is 11.8 Å². The van der Waals surface area contributed by atoms with Crippen molar-refractivity contribution in [3.05, 3.63) is 29.3 Å². The standard InChI is InChI=1S/C23H34ClN3O4/c24-19-5-3-6-20(15-19)31-18-23(16-22(29)26-11-13-30-14-12-26)8-4-10-27(17-23)21(28)7-1-2-9-25/h3,5-6,15H,1-2,4,7-14,16-18,25H2/t23-/m0/s1. The lowest BCUT2D eigenvalue weighted by Gasteiger charge is -2.43. The quantitative estimate of drug-likeness (QED) is 0.583. The molecule has 0 spiro atoms. The number of hydrogen-bond donors (Lipinski definition) is 1. The van der Waals surface area contributed by atoms with Crippen LogP contribution >= 0.6 is 11.6 Å². The van der Waals surface area contributed by atoms with Crippen molar-refractivity contribution in [2.45, 2.75) is 38.5 Å². The van der Waals surface area contributed by atoms with Crippen LogP contribution in [0.3, 0.4) is 0 Å². The first-order valence-corrected chi connectivity index (χ1v) is 11.6. The molecule has 1 aromatic carbocycles. The van der Waals surface area contributed by atoms with E-state index in [0.717, 1.165) is 32.2 Å². The Labute approximate surface area is 189 Å². The molecule has 172 valence electrons. The second-order valence-electron chi connectivity index (χ2n) is 8.58. The Morgan fingerprint density at radius 1 is 1.13 bits per heavy atom. The number of likely N-dealkylation sites (tertiary alicyclic amines) is 1. The van der Waals surface area contributed by atoms with E-state index in [1.807, 2.05) is 21.9 Å². The maximum Gasteiger partial charge on any atom is 0.223 e. The molecule has 2 N–H and O–H groups in total. The minimum absolute atomic E-state index is 0.107. The minimum Gasteiger partial charge on any atom is -0.493 e. The van der Waals surface area contributed by atoms with Crippen LogP contribution in [-0.4, -0.2) is 74.2 Å². The average molecular weight is 452 g/mol. The van der Waals surface area contributed by atoms with Crippen molar-refractivity contribution >= 4 is 23.4 Å². The first kappa shape index (κ1) is 23.8. The van der Waals surface area contributed by atoms with Gasteiger partial charge in [-0.25, -0.2) is 0 Å². The van der Waals surface area contributed by atoms with Crippen LogP contribution in [0.2, 0.25) is 5.02 Å². The molecular weight excluding hydrogens is 418 g/mol. The number of amides is 2. The fourth-order valence-corrected chi connectivity index (χ4v) is 4.53. The molecular formula is C23H34ClN3O4. The number of nitrogens with zero attached hydrogens (tertiary/aromatic N) is 2. The van der Waals surface area contributed by atoms with E-state index >= 15 is 0 Å². The molecule has 0 aliphatic carbocycles. The number of benzene rings is 1. The van der Waals surface area contributed by atoms with E-state index < -0.39 is 5.41 Å². The third-order valence-corrected chi connectivity index (χ3v) is 6.33. The van der Waals surface area contributed by atoms with E-state index in [4.69, 9.17) is 26.8 Å². The van der Waals surface area contributed by atoms with Gasteiger partial charge in [0, 0.05) is 49.5 Å². The van der Waals surface area contributed by atoms with Crippen LogP contribution in [-0.2, 0) is 14.3 Å². The van der Waals surface area contributed by atoms with Gasteiger partial charge in [-0.05, 0) is 50.4 Å². The zero-order valence-electron chi connectivity index (χ0n) is 18.2. The Morgan fingerprint density at radius 3 is 2.68 bits per heavy atom. The summed E-state index contributed by atoms with van der Waals surface area (Å²) < 4.78 is 11.5. The summed E-state index contributed by atoms with van der Waals surface area (Å²) in [6.07, 6.45) is 4.21. The van der Waals surface area contributed by atoms with E-state index in [1.54, 1.807) is 12.1 Å². The molecule has 2 amide bonds. The predicted octanol–water partition coefficient (Wildman–Crippen LogP) is 2.71. The van der Waals surface area contributed by atoms with Gasteiger partial charge in [-0.2, -0.15) is 0 Å². The van der Waals surface area contributed by atoms with E-state index in [1.165, 1.54) is 0 Å². The van der Waals surface area contributed by atoms with Crippen molar-refractivity contribution in [1.82, 2.24) is 9.80 Å². The summed E-state index contributed by atoms with van der Waals surface area (Å²) >= 11 is 6.10. The van der Waals surface area contributed by atoms with Gasteiger partial charge in [0.25, 0.3) is 0 Å². The number of carbonyl (C=O) groups is 2. The smallest absolute Gasteiger partial charge is 0.223 e. The van der Waals surface area contributed by atoms with E-state index in [0.29, 0.717) is 69.6 Å². The van der Waals surface area contributed by atoms with Gasteiger partial charge < -0.3 is 25.0 Å². The van der Waals surface area contributed by atoms with Crippen LogP contribution in [0.1, 0.15) is 38.5 Å². The molecule has 31 heavy (non-hydrogen) atoms. The van der Waals surface area contributed by atoms with E-state index in [2.05, 4.69) is 0 Å². The molecule has 0 unspecified atom stereocenters. The summed E-state index contributed by atoms with van der Waals surface area (Å²) in [6.45, 7) is 4.61. The van der Waals surface area contributed by atoms with Crippen molar-refractivity contribution in [2.24, 2.45) is 11.1 Å². The second kappa shape index (κ2) is 11.7. The highest BCUT2D eigenvalue weighted by molar-refractivity contribution is 6.30. The van der Waals surface area contributed by atoms with Gasteiger partial charge in [-0.15, -0.1) is 0 Å². The molecule has 1 atom stereocenters. The summed E-state index contributed by atoms with van der Waals surface area (Å²) in [6, 6.07) is 7.28. The Kier molecular flexibility index (Phi) is 8.99. The number of rotatable bonds is 9. The predicted molar refractivity (Wildman–Crippen MR) is 120 cm³/mol. The molecule has 0 aromatic heterocycles. The molecule has 8 heteroatoms. The fraction of sp³-hybridized carbons (Fsp3) is 0.652. The summed E-state index contributed by atoms with van der Waals surface area (Å²) in [5.41, 5.74) is 5.15. The van der Waals surface area contributed by atoms with Crippen LogP contribution in [0.15, 0.2) is 24.3 Å². The lowest BCUT2D eigenvalue weighted by molar-refractivity contribution is -0.143. The highest BCUT2D eigenvalue weighted by Gasteiger charge is 2.41. The second-order valence-corrected chi connectivity index (χ2v) is 9.02. The molecule has 3 rings (SSSR count). The zero-order valence-corrected chi connectivity index (χ0v) is 18.9. The van der Waals surface area contributed by atoms with Crippen LogP contribution in [0.5, 0.6) is 5.75 Å². The largest absolute Gasteiger partial charge is 0.493 e. The number of nitrogens with two attached hydrogens (primary N) is 1. The number of piperidine rings is 1. The van der Waals surface area contributed by atoms with Crippen LogP contribution in [0.25, 0.3) is 0 Å². The number of unbranched alkanes of at least 4 members (excludes halogenated alkanes) is 1. The number of morpholine rings is 1. The monoisotopic (exact) mass is 451 g/mol. The molecule has 0 saturated carbocycles. The van der Waals surface area contributed by atoms with Gasteiger partial charge in [0.05, 0.1) is 19.8 Å². The summed E-state index contributed by atoms with van der Waals surface area (Å²) in [5.74, 6) is 0.923. The first-order chi connectivity index (χ1) is 15.0. The maximum absolute atomic E-state index is 13.1. The zero-order chi connectivity index (χ0) is 22.1. The number of carbonyl (C=O) groups excluding carboxylic acids is 2. The molecule has 2 saturated heterocycles. The fourth-order valence-electron chi connectivity index (χ4n) is 4.35. The number of halogens is 1. The lowest BCUT2D eigenvalue weighted by Crippen LogP contribution is -2.52. The first-order valence-electron chi connectivity index (χ1n) is 11.2. The van der Waals surface area contributed by atoms with E-state index in [-0.39, 0.29) is 11.8 Å².